The molecule has 118 valence electrons. The lowest BCUT2D eigenvalue weighted by Crippen LogP contribution is -2.50. The van der Waals surface area contributed by atoms with Crippen molar-refractivity contribution in [2.75, 3.05) is 32.2 Å². The van der Waals surface area contributed by atoms with Crippen molar-refractivity contribution in [1.82, 2.24) is 4.98 Å². The van der Waals surface area contributed by atoms with Crippen molar-refractivity contribution in [2.45, 2.75) is 0 Å². The topological polar surface area (TPSA) is 95.7 Å². The van der Waals surface area contributed by atoms with Crippen molar-refractivity contribution < 1.29 is 19.4 Å². The Kier molecular flexibility index (Phi) is 3.66. The number of anilines is 1. The van der Waals surface area contributed by atoms with Crippen LogP contribution in [0.15, 0.2) is 18.3 Å². The van der Waals surface area contributed by atoms with Crippen molar-refractivity contribution >= 4 is 22.6 Å². The second kappa shape index (κ2) is 5.65. The monoisotopic (exact) mass is 313 g/mol. The van der Waals surface area contributed by atoms with Gasteiger partial charge in [0.05, 0.1) is 31.4 Å². The molecule has 3 rings (SSSR count). The van der Waals surface area contributed by atoms with E-state index >= 15 is 0 Å². The smallest absolute Gasteiger partial charge is 0.310 e. The van der Waals surface area contributed by atoms with Gasteiger partial charge in [-0.3, -0.25) is 9.78 Å². The molecule has 0 aliphatic carbocycles. The Labute approximate surface area is 132 Å². The van der Waals surface area contributed by atoms with Crippen LogP contribution in [0.2, 0.25) is 0 Å². The van der Waals surface area contributed by atoms with Crippen molar-refractivity contribution in [1.29, 1.82) is 5.26 Å². The number of pyridine rings is 1. The Morgan fingerprint density at radius 2 is 2.13 bits per heavy atom. The van der Waals surface area contributed by atoms with Crippen LogP contribution in [0, 0.1) is 17.2 Å². The summed E-state index contributed by atoms with van der Waals surface area (Å²) in [7, 11) is 3.09. The molecular formula is C16H15N3O4. The molecule has 1 saturated heterocycles. The number of carboxylic acids is 1. The van der Waals surface area contributed by atoms with Crippen LogP contribution in [-0.4, -0.2) is 43.4 Å². The summed E-state index contributed by atoms with van der Waals surface area (Å²) in [6, 6.07) is 5.63. The Morgan fingerprint density at radius 1 is 1.39 bits per heavy atom. The van der Waals surface area contributed by atoms with Gasteiger partial charge in [0.1, 0.15) is 23.1 Å². The van der Waals surface area contributed by atoms with Gasteiger partial charge in [-0.1, -0.05) is 0 Å². The molecule has 1 aromatic heterocycles. The first-order valence-corrected chi connectivity index (χ1v) is 7.01. The maximum Gasteiger partial charge on any atom is 0.310 e. The maximum absolute atomic E-state index is 11.0. The van der Waals surface area contributed by atoms with Gasteiger partial charge in [0, 0.05) is 30.7 Å². The van der Waals surface area contributed by atoms with Gasteiger partial charge in [-0.15, -0.1) is 0 Å². The van der Waals surface area contributed by atoms with Crippen LogP contribution < -0.4 is 14.4 Å². The fourth-order valence-electron chi connectivity index (χ4n) is 2.74. The van der Waals surface area contributed by atoms with Gasteiger partial charge < -0.3 is 19.5 Å². The number of hydrogen-bond donors (Lipinski definition) is 1. The lowest BCUT2D eigenvalue weighted by Gasteiger charge is -2.39. The third-order valence-electron chi connectivity index (χ3n) is 4.00. The lowest BCUT2D eigenvalue weighted by atomic mass is 9.97. The van der Waals surface area contributed by atoms with E-state index in [2.05, 4.69) is 11.1 Å². The summed E-state index contributed by atoms with van der Waals surface area (Å²) in [6.07, 6.45) is 1.49. The molecule has 7 heteroatoms. The summed E-state index contributed by atoms with van der Waals surface area (Å²) in [5.74, 6) is -0.117. The molecule has 0 bridgehead atoms. The number of methoxy groups -OCH3 is 2. The van der Waals surface area contributed by atoms with E-state index < -0.39 is 11.9 Å². The molecule has 0 radical (unpaired) electrons. The number of benzene rings is 1. The molecule has 2 heterocycles. The minimum atomic E-state index is -0.826. The summed E-state index contributed by atoms with van der Waals surface area (Å²) < 4.78 is 10.6. The zero-order chi connectivity index (χ0) is 16.6. The number of fused-ring (bicyclic) bond motifs is 1. The number of nitrogens with zero attached hydrogens (tertiary/aromatic N) is 3. The summed E-state index contributed by atoms with van der Waals surface area (Å²) in [4.78, 5) is 17.2. The van der Waals surface area contributed by atoms with E-state index in [9.17, 15) is 10.1 Å². The lowest BCUT2D eigenvalue weighted by molar-refractivity contribution is -0.142. The molecule has 1 fully saturated rings. The van der Waals surface area contributed by atoms with Crippen molar-refractivity contribution in [2.24, 2.45) is 5.92 Å². The first-order valence-electron chi connectivity index (χ1n) is 7.01. The summed E-state index contributed by atoms with van der Waals surface area (Å²) >= 11 is 0. The van der Waals surface area contributed by atoms with Crippen LogP contribution in [0.25, 0.3) is 10.9 Å². The van der Waals surface area contributed by atoms with Crippen LogP contribution in [0.5, 0.6) is 11.5 Å². The van der Waals surface area contributed by atoms with Crippen LogP contribution >= 0.6 is 0 Å². The molecule has 0 saturated carbocycles. The number of rotatable bonds is 4. The Hall–Kier alpha value is -3.01. The van der Waals surface area contributed by atoms with E-state index in [1.165, 1.54) is 13.3 Å². The van der Waals surface area contributed by atoms with Crippen LogP contribution in [0.3, 0.4) is 0 Å². The Morgan fingerprint density at radius 3 is 2.70 bits per heavy atom. The zero-order valence-corrected chi connectivity index (χ0v) is 12.7. The largest absolute Gasteiger partial charge is 0.497 e. The molecule has 1 aliphatic rings. The second-order valence-electron chi connectivity index (χ2n) is 5.30. The van der Waals surface area contributed by atoms with E-state index in [1.54, 1.807) is 19.2 Å². The van der Waals surface area contributed by atoms with E-state index in [-0.39, 0.29) is 0 Å². The summed E-state index contributed by atoms with van der Waals surface area (Å²) in [6.45, 7) is 0.727. The highest BCUT2D eigenvalue weighted by atomic mass is 16.5. The first-order chi connectivity index (χ1) is 11.1. The predicted octanol–water partition coefficient (Wildman–Crippen LogP) is 1.64. The van der Waals surface area contributed by atoms with Gasteiger partial charge in [-0.2, -0.15) is 5.26 Å². The van der Waals surface area contributed by atoms with Crippen molar-refractivity contribution in [3.63, 3.8) is 0 Å². The average Bonchev–Trinajstić information content (AvgIpc) is 2.51. The van der Waals surface area contributed by atoms with E-state index in [4.69, 9.17) is 14.6 Å². The van der Waals surface area contributed by atoms with E-state index in [0.717, 1.165) is 0 Å². The quantitative estimate of drug-likeness (QED) is 0.916. The molecule has 7 nitrogen and oxygen atoms in total. The number of aliphatic carboxylic acids is 1. The highest BCUT2D eigenvalue weighted by molar-refractivity contribution is 5.99. The molecule has 23 heavy (non-hydrogen) atoms. The van der Waals surface area contributed by atoms with Crippen molar-refractivity contribution in [3.05, 3.63) is 23.9 Å². The molecule has 0 amide bonds. The van der Waals surface area contributed by atoms with Gasteiger partial charge in [0.15, 0.2) is 0 Å². The van der Waals surface area contributed by atoms with Crippen LogP contribution in [-0.2, 0) is 4.79 Å². The highest BCUT2D eigenvalue weighted by Crippen LogP contribution is 2.39. The van der Waals surface area contributed by atoms with E-state index in [0.29, 0.717) is 46.7 Å². The van der Waals surface area contributed by atoms with Gasteiger partial charge >= 0.3 is 5.97 Å². The average molecular weight is 313 g/mol. The number of carboxylic acid groups (broad SMARTS) is 1. The number of ether oxygens (including phenoxy) is 2. The predicted molar refractivity (Wildman–Crippen MR) is 82.9 cm³/mol. The zero-order valence-electron chi connectivity index (χ0n) is 12.7. The van der Waals surface area contributed by atoms with Gasteiger partial charge in [0.25, 0.3) is 0 Å². The van der Waals surface area contributed by atoms with Gasteiger partial charge in [-0.25, -0.2) is 0 Å². The first kappa shape index (κ1) is 14.9. The third kappa shape index (κ3) is 2.38. The Bertz CT molecular complexity index is 822. The molecule has 0 unspecified atom stereocenters. The number of nitriles is 1. The fourth-order valence-corrected chi connectivity index (χ4v) is 2.74. The number of aromatic nitrogens is 1. The van der Waals surface area contributed by atoms with Crippen LogP contribution in [0.1, 0.15) is 5.56 Å². The molecule has 1 N–H and O–H groups in total. The molecule has 1 aliphatic heterocycles. The molecule has 2 aromatic rings. The number of hydrogen-bond acceptors (Lipinski definition) is 6. The summed E-state index contributed by atoms with van der Waals surface area (Å²) in [5, 5.41) is 19.1. The van der Waals surface area contributed by atoms with Gasteiger partial charge in [0.2, 0.25) is 0 Å². The molecule has 0 atom stereocenters. The fraction of sp³-hybridized carbons (Fsp3) is 0.312. The normalized spacial score (nSPS) is 14.2. The minimum absolute atomic E-state index is 0.364. The summed E-state index contributed by atoms with van der Waals surface area (Å²) in [5.41, 5.74) is 1.69. The Balaban J connectivity index is 2.18. The van der Waals surface area contributed by atoms with Crippen LogP contribution in [0.4, 0.5) is 5.69 Å². The maximum atomic E-state index is 11.0. The van der Waals surface area contributed by atoms with E-state index in [1.807, 2.05) is 4.90 Å². The minimum Gasteiger partial charge on any atom is -0.497 e. The SMILES string of the molecule is COc1cc(OC)c2ncc(C#N)c(N3CC(C(=O)O)C3)c2c1. The second-order valence-corrected chi connectivity index (χ2v) is 5.30. The number of carbonyl (C=O) groups is 1. The molecule has 0 spiro atoms. The third-order valence-corrected chi connectivity index (χ3v) is 4.00. The van der Waals surface area contributed by atoms with Crippen molar-refractivity contribution in [3.8, 4) is 17.6 Å². The standard InChI is InChI=1S/C16H15N3O4/c1-22-11-3-12-14(13(4-11)23-2)18-6-9(5-17)15(12)19-7-10(8-19)16(20)21/h3-4,6,10H,7-8H2,1-2H3,(H,20,21). The highest BCUT2D eigenvalue weighted by Gasteiger charge is 2.35. The van der Waals surface area contributed by atoms with Gasteiger partial charge in [-0.05, 0) is 6.07 Å². The molecular weight excluding hydrogens is 298 g/mol. The molecule has 1 aromatic carbocycles.